The normalized spacial score (nSPS) is 11.3. The van der Waals surface area contributed by atoms with Crippen LogP contribution in [0.1, 0.15) is 18.9 Å². The molecule has 0 fully saturated rings. The molecule has 4 nitrogen and oxygen atoms in total. The van der Waals surface area contributed by atoms with E-state index in [1.54, 1.807) is 0 Å². The Hall–Kier alpha value is -1.81. The first-order valence-electron chi connectivity index (χ1n) is 6.98. The van der Waals surface area contributed by atoms with Gasteiger partial charge in [0.1, 0.15) is 0 Å². The summed E-state index contributed by atoms with van der Waals surface area (Å²) in [4.78, 5) is 4.14. The zero-order valence-electron chi connectivity index (χ0n) is 12.3. The quantitative estimate of drug-likeness (QED) is 0.314. The van der Waals surface area contributed by atoms with Gasteiger partial charge in [0, 0.05) is 13.2 Å². The SMILES string of the molecule is C=C(C)CN=C(N)NCCCOCCc1ccccc1. The van der Waals surface area contributed by atoms with Gasteiger partial charge in [-0.1, -0.05) is 42.5 Å². The molecule has 0 aliphatic heterocycles. The second-order valence-electron chi connectivity index (χ2n) is 4.79. The molecule has 4 heteroatoms. The van der Waals surface area contributed by atoms with Crippen molar-refractivity contribution < 1.29 is 4.74 Å². The minimum atomic E-state index is 0.470. The summed E-state index contributed by atoms with van der Waals surface area (Å²) in [6.45, 7) is 8.53. The first kappa shape index (κ1) is 16.2. The maximum Gasteiger partial charge on any atom is 0.188 e. The zero-order valence-corrected chi connectivity index (χ0v) is 12.3. The number of hydrogen-bond donors (Lipinski definition) is 2. The van der Waals surface area contributed by atoms with Gasteiger partial charge in [0.05, 0.1) is 13.2 Å². The fourth-order valence-corrected chi connectivity index (χ4v) is 1.60. The molecule has 0 aliphatic rings. The van der Waals surface area contributed by atoms with Gasteiger partial charge in [0.25, 0.3) is 0 Å². The maximum atomic E-state index is 5.70. The monoisotopic (exact) mass is 275 g/mol. The highest BCUT2D eigenvalue weighted by atomic mass is 16.5. The van der Waals surface area contributed by atoms with Gasteiger partial charge in [-0.15, -0.1) is 0 Å². The van der Waals surface area contributed by atoms with Crippen LogP contribution in [0.15, 0.2) is 47.5 Å². The Morgan fingerprint density at radius 3 is 2.75 bits per heavy atom. The van der Waals surface area contributed by atoms with Crippen LogP contribution in [0.25, 0.3) is 0 Å². The number of benzene rings is 1. The number of aliphatic imine (C=N–C) groups is 1. The molecule has 0 spiro atoms. The van der Waals surface area contributed by atoms with E-state index in [0.717, 1.165) is 38.2 Å². The van der Waals surface area contributed by atoms with Crippen molar-refractivity contribution >= 4 is 5.96 Å². The highest BCUT2D eigenvalue weighted by Gasteiger charge is 1.94. The Bertz CT molecular complexity index is 415. The summed E-state index contributed by atoms with van der Waals surface area (Å²) in [5.74, 6) is 0.470. The fourth-order valence-electron chi connectivity index (χ4n) is 1.60. The number of nitrogens with zero attached hydrogens (tertiary/aromatic N) is 1. The van der Waals surface area contributed by atoms with Gasteiger partial charge >= 0.3 is 0 Å². The molecule has 0 aliphatic carbocycles. The minimum Gasteiger partial charge on any atom is -0.381 e. The van der Waals surface area contributed by atoms with E-state index in [9.17, 15) is 0 Å². The van der Waals surface area contributed by atoms with Crippen molar-refractivity contribution in [2.24, 2.45) is 10.7 Å². The molecule has 110 valence electrons. The zero-order chi connectivity index (χ0) is 14.6. The van der Waals surface area contributed by atoms with Crippen molar-refractivity contribution in [1.29, 1.82) is 0 Å². The van der Waals surface area contributed by atoms with Crippen LogP contribution in [0.4, 0.5) is 0 Å². The van der Waals surface area contributed by atoms with Gasteiger partial charge in [-0.25, -0.2) is 4.99 Å². The van der Waals surface area contributed by atoms with Gasteiger partial charge in [0.2, 0.25) is 0 Å². The highest BCUT2D eigenvalue weighted by Crippen LogP contribution is 1.99. The molecule has 0 heterocycles. The molecule has 0 atom stereocenters. The Morgan fingerprint density at radius 2 is 2.05 bits per heavy atom. The van der Waals surface area contributed by atoms with Crippen LogP contribution in [0, 0.1) is 0 Å². The van der Waals surface area contributed by atoms with Gasteiger partial charge in [-0.3, -0.25) is 0 Å². The van der Waals surface area contributed by atoms with Crippen LogP contribution >= 0.6 is 0 Å². The Kier molecular flexibility index (Phi) is 8.15. The van der Waals surface area contributed by atoms with Crippen LogP contribution in [0.5, 0.6) is 0 Å². The summed E-state index contributed by atoms with van der Waals surface area (Å²) < 4.78 is 5.58. The molecule has 0 unspecified atom stereocenters. The average Bonchev–Trinajstić information content (AvgIpc) is 2.45. The Labute approximate surface area is 121 Å². The Balaban J connectivity index is 1.97. The first-order valence-corrected chi connectivity index (χ1v) is 6.98. The van der Waals surface area contributed by atoms with Gasteiger partial charge < -0.3 is 15.8 Å². The summed E-state index contributed by atoms with van der Waals surface area (Å²) in [7, 11) is 0. The van der Waals surface area contributed by atoms with Crippen molar-refractivity contribution in [2.75, 3.05) is 26.3 Å². The molecular formula is C16H25N3O. The molecule has 0 bridgehead atoms. The van der Waals surface area contributed by atoms with E-state index in [1.807, 2.05) is 25.1 Å². The van der Waals surface area contributed by atoms with Crippen molar-refractivity contribution in [2.45, 2.75) is 19.8 Å². The maximum absolute atomic E-state index is 5.70. The van der Waals surface area contributed by atoms with Crippen LogP contribution in [-0.4, -0.2) is 32.3 Å². The summed E-state index contributed by atoms with van der Waals surface area (Å²) in [5.41, 5.74) is 8.00. The molecule has 1 aromatic rings. The lowest BCUT2D eigenvalue weighted by Crippen LogP contribution is -2.33. The largest absolute Gasteiger partial charge is 0.381 e. The van der Waals surface area contributed by atoms with E-state index >= 15 is 0 Å². The van der Waals surface area contributed by atoms with Crippen molar-refractivity contribution in [3.63, 3.8) is 0 Å². The Morgan fingerprint density at radius 1 is 1.30 bits per heavy atom. The number of nitrogens with two attached hydrogens (primary N) is 1. The topological polar surface area (TPSA) is 59.6 Å². The molecule has 1 aromatic carbocycles. The lowest BCUT2D eigenvalue weighted by atomic mass is 10.2. The highest BCUT2D eigenvalue weighted by molar-refractivity contribution is 5.77. The molecule has 20 heavy (non-hydrogen) atoms. The van der Waals surface area contributed by atoms with Gasteiger partial charge in [-0.05, 0) is 25.3 Å². The predicted octanol–water partition coefficient (Wildman–Crippen LogP) is 2.12. The van der Waals surface area contributed by atoms with Crippen LogP contribution < -0.4 is 11.1 Å². The smallest absolute Gasteiger partial charge is 0.188 e. The van der Waals surface area contributed by atoms with E-state index in [4.69, 9.17) is 10.5 Å². The van der Waals surface area contributed by atoms with Crippen LogP contribution in [0.3, 0.4) is 0 Å². The van der Waals surface area contributed by atoms with E-state index in [0.29, 0.717) is 12.5 Å². The third kappa shape index (κ3) is 8.32. The van der Waals surface area contributed by atoms with Crippen molar-refractivity contribution in [3.8, 4) is 0 Å². The molecule has 0 saturated heterocycles. The number of rotatable bonds is 9. The van der Waals surface area contributed by atoms with E-state index < -0.39 is 0 Å². The van der Waals surface area contributed by atoms with E-state index in [2.05, 4.69) is 29.0 Å². The van der Waals surface area contributed by atoms with E-state index in [-0.39, 0.29) is 0 Å². The second-order valence-corrected chi connectivity index (χ2v) is 4.79. The summed E-state index contributed by atoms with van der Waals surface area (Å²) >= 11 is 0. The first-order chi connectivity index (χ1) is 9.68. The molecule has 0 saturated carbocycles. The number of hydrogen-bond acceptors (Lipinski definition) is 2. The third-order valence-electron chi connectivity index (χ3n) is 2.67. The van der Waals surface area contributed by atoms with Gasteiger partial charge in [-0.2, -0.15) is 0 Å². The molecule has 0 aromatic heterocycles. The number of guanidine groups is 1. The van der Waals surface area contributed by atoms with Crippen molar-refractivity contribution in [3.05, 3.63) is 48.0 Å². The van der Waals surface area contributed by atoms with Crippen LogP contribution in [0.2, 0.25) is 0 Å². The number of nitrogens with one attached hydrogen (secondary N) is 1. The van der Waals surface area contributed by atoms with Gasteiger partial charge in [0.15, 0.2) is 5.96 Å². The van der Waals surface area contributed by atoms with Crippen molar-refractivity contribution in [1.82, 2.24) is 5.32 Å². The summed E-state index contributed by atoms with van der Waals surface area (Å²) in [5, 5.41) is 3.05. The van der Waals surface area contributed by atoms with E-state index in [1.165, 1.54) is 5.56 Å². The second kappa shape index (κ2) is 10.0. The third-order valence-corrected chi connectivity index (χ3v) is 2.67. The molecule has 1 rings (SSSR count). The summed E-state index contributed by atoms with van der Waals surface area (Å²) in [6, 6.07) is 10.3. The molecule has 3 N–H and O–H groups in total. The predicted molar refractivity (Wildman–Crippen MR) is 84.9 cm³/mol. The fraction of sp³-hybridized carbons (Fsp3) is 0.438. The minimum absolute atomic E-state index is 0.470. The molecule has 0 amide bonds. The lowest BCUT2D eigenvalue weighted by molar-refractivity contribution is 0.135. The van der Waals surface area contributed by atoms with Crippen LogP contribution in [-0.2, 0) is 11.2 Å². The standard InChI is InChI=1S/C16H25N3O/c1-14(2)13-19-16(17)18-10-6-11-20-12-9-15-7-4-3-5-8-15/h3-5,7-8H,1,6,9-13H2,2H3,(H3,17,18,19). The summed E-state index contributed by atoms with van der Waals surface area (Å²) in [6.07, 6.45) is 1.87. The molecular weight excluding hydrogens is 250 g/mol. The average molecular weight is 275 g/mol. The number of ether oxygens (including phenoxy) is 1. The lowest BCUT2D eigenvalue weighted by Gasteiger charge is -2.07. The molecule has 0 radical (unpaired) electrons.